The molecule has 0 atom stereocenters. The zero-order chi connectivity index (χ0) is 105. The van der Waals surface area contributed by atoms with Crippen LogP contribution in [0.2, 0.25) is 0 Å². The minimum absolute atomic E-state index is 0.000694. The van der Waals surface area contributed by atoms with Crippen molar-refractivity contribution in [2.45, 2.75) is 55.4 Å². The van der Waals surface area contributed by atoms with Crippen LogP contribution in [0.1, 0.15) is 47.2 Å². The third-order valence-electron chi connectivity index (χ3n) is 21.9. The number of H-pyrrole nitrogens is 8. The molecule has 16 aliphatic rings. The number of methoxy groups -OCH3 is 4. The van der Waals surface area contributed by atoms with Gasteiger partial charge < -0.3 is 63.8 Å². The summed E-state index contributed by atoms with van der Waals surface area (Å²) in [6.45, 7) is 16.3. The quantitative estimate of drug-likeness (QED) is 0.0517. The Morgan fingerprint density at radius 2 is 0.459 bits per heavy atom. The summed E-state index contributed by atoms with van der Waals surface area (Å²) in [6, 6.07) is 50.2. The highest BCUT2D eigenvalue weighted by Crippen LogP contribution is 2.39. The zero-order valence-corrected chi connectivity index (χ0v) is 81.0. The zero-order valence-electron chi connectivity index (χ0n) is 79.4. The number of fused-ring (bicyclic) bond motifs is 16. The van der Waals surface area contributed by atoms with E-state index in [1.165, 1.54) is 21.3 Å². The van der Waals surface area contributed by atoms with Gasteiger partial charge in [-0.05, 0) is 235 Å². The van der Waals surface area contributed by atoms with Crippen LogP contribution in [0.4, 0.5) is 0 Å². The maximum Gasteiger partial charge on any atom is 0.351 e. The van der Waals surface area contributed by atoms with Crippen molar-refractivity contribution >= 4 is 112 Å². The number of benzene rings is 8. The summed E-state index contributed by atoms with van der Waals surface area (Å²) in [6.07, 6.45) is 0. The van der Waals surface area contributed by atoms with Gasteiger partial charge in [-0.15, -0.1) is 0 Å². The molecule has 0 spiro atoms. The molecule has 148 heavy (non-hydrogen) atoms. The number of hydrogen-bond acceptors (Lipinski definition) is 38. The predicted octanol–water partition coefficient (Wildman–Crippen LogP) is 13.3. The Bertz CT molecular complexity index is 9680. The Kier molecular flexibility index (Phi) is 28.2. The van der Waals surface area contributed by atoms with E-state index >= 15 is 0 Å². The molecule has 24 rings (SSSR count). The number of rotatable bonds is 8. The number of hydrogen-bond donors (Lipinski definition) is 8. The Morgan fingerprint density at radius 3 is 0.757 bits per heavy atom. The topological polar surface area (TPSA) is 629 Å². The fraction of sp³-hybridized carbons (Fsp3) is 0.137. The summed E-state index contributed by atoms with van der Waals surface area (Å²) in [5.74, 6) is 3.89. The van der Waals surface area contributed by atoms with E-state index in [1.807, 2.05) is 140 Å². The lowest BCUT2D eigenvalue weighted by Gasteiger charge is -2.10. The van der Waals surface area contributed by atoms with Gasteiger partial charge in [-0.2, -0.15) is 39.9 Å². The first kappa shape index (κ1) is 99.8. The summed E-state index contributed by atoms with van der Waals surface area (Å²) in [4.78, 5) is 208. The van der Waals surface area contributed by atoms with Gasteiger partial charge in [-0.3, -0.25) is 78.2 Å². The van der Waals surface area contributed by atoms with Gasteiger partial charge in [0.05, 0.1) is 41.7 Å². The third kappa shape index (κ3) is 21.4. The highest BCUT2D eigenvalue weighted by atomic mass is 32.1. The number of aryl methyl sites for hydroxylation is 6. The van der Waals surface area contributed by atoms with E-state index in [1.54, 1.807) is 92.0 Å². The predicted molar refractivity (Wildman–Crippen MR) is 546 cm³/mol. The van der Waals surface area contributed by atoms with E-state index in [4.69, 9.17) is 88.2 Å². The minimum atomic E-state index is -0.731. The molecule has 0 fully saturated rings. The minimum Gasteiger partial charge on any atom is -0.493 e. The van der Waals surface area contributed by atoms with Crippen molar-refractivity contribution in [2.24, 2.45) is 0 Å². The van der Waals surface area contributed by atoms with E-state index < -0.39 is 67.5 Å². The second kappa shape index (κ2) is 41.8. The van der Waals surface area contributed by atoms with Crippen LogP contribution in [0.5, 0.6) is 34.5 Å². The first-order valence-corrected chi connectivity index (χ1v) is 45.0. The maximum atomic E-state index is 11.8. The molecule has 0 unspecified atom stereocenters. The molecule has 16 aliphatic heterocycles. The summed E-state index contributed by atoms with van der Waals surface area (Å²) in [7, 11) is 6.13. The van der Waals surface area contributed by atoms with Gasteiger partial charge in [0.25, 0.3) is 44.5 Å². The molecule has 744 valence electrons. The monoisotopic (exact) mass is 2040 g/mol. The lowest BCUT2D eigenvalue weighted by Crippen LogP contribution is -2.24. The summed E-state index contributed by atoms with van der Waals surface area (Å²) < 4.78 is 76.5. The van der Waals surface area contributed by atoms with Crippen LogP contribution in [0, 0.1) is 51.1 Å². The molecule has 16 heterocycles. The Hall–Kier alpha value is -19.8. The van der Waals surface area contributed by atoms with E-state index in [-0.39, 0.29) is 101 Å². The molecule has 46 heteroatoms. The van der Waals surface area contributed by atoms with Gasteiger partial charge >= 0.3 is 34.1 Å². The smallest absolute Gasteiger partial charge is 0.351 e. The van der Waals surface area contributed by atoms with Gasteiger partial charge in [0.1, 0.15) is 55.7 Å². The van der Waals surface area contributed by atoms with E-state index in [2.05, 4.69) is 79.7 Å². The number of aromatic nitrogens is 16. The molecule has 0 radical (unpaired) electrons. The molecule has 8 aromatic carbocycles. The first-order chi connectivity index (χ1) is 71.0. The SMILES string of the molecule is CCOc1cc(C)cc2cc3c(=O)[nH]c(=O)nc-3oc12.CCOc1cccc2cc3c(=O)[nH]c(=O)nc-3oc12.COc1cc(C)cc2cc3c(=O)[nH]c(=O)nc-3oc12.COc1cc(C)cc2cc3c(=O)[nH]c(=O)nc-3oc12.COc1cc(C)cc2cc3c(=O)[nH]c(=S)nc-3oc12.COc1cccc2cc3c(=O)[nH]c(=O)nc-3oc12.Cc1ccc2cc3c(=O)[nH]c(=O)nc-3oc2c1.Cc1ccc2cc3c(=O)[nH]c(=S)nc-3oc2c1. The maximum absolute atomic E-state index is 11.8. The van der Waals surface area contributed by atoms with Crippen molar-refractivity contribution in [3.05, 3.63) is 359 Å². The summed E-state index contributed by atoms with van der Waals surface area (Å²) >= 11 is 9.72. The van der Waals surface area contributed by atoms with E-state index in [0.717, 1.165) is 65.7 Å². The molecule has 0 bridgehead atoms. The van der Waals surface area contributed by atoms with Crippen LogP contribution < -0.4 is 107 Å². The number of aromatic amines is 8. The van der Waals surface area contributed by atoms with Crippen LogP contribution >= 0.6 is 24.4 Å². The van der Waals surface area contributed by atoms with E-state index in [9.17, 15) is 67.1 Å². The van der Waals surface area contributed by atoms with Crippen molar-refractivity contribution in [3.63, 3.8) is 0 Å². The van der Waals surface area contributed by atoms with Crippen LogP contribution in [-0.4, -0.2) is 121 Å². The van der Waals surface area contributed by atoms with Gasteiger partial charge in [0.15, 0.2) is 68.0 Å². The molecular weight excluding hydrogens is 1960 g/mol. The Labute approximate surface area is 832 Å². The molecule has 0 saturated heterocycles. The standard InChI is InChI=1S/C14H12N2O4.3C13H10N2O4.C13H10N2O3S.C12H8N2O4.C12H8N2O3.C12H8N2O2S/c1-3-19-10-5-7(2)4-8-6-9-12(17)15-14(18)16-13(9)20-11(8)10;2*1-6-3-7-5-8-11(16)14-13(17)15-12(8)19-10(7)9(4-6)18-2;1-2-18-9-5-3-4-7-6-8-11(16)14-13(17)15-12(8)19-10(7)9;1-6-3-7-5-8-11(16)14-13(19)15-12(8)18-10(7)9(4-6)17-2;1-17-8-4-2-3-6-5-7-10(15)13-12(16)14-11(7)18-9(6)8;1-6-2-3-7-5-8-10(15)13-12(16)14-11(8)17-9(7)4-6;1-6-2-3-7-5-8-10(15)13-12(17)14-11(8)16-9(7)4-6/h4-6H,3H2,1-2H3,(H,15,17,18);2*3-5H,1-2H3,(H,14,16,17);3-6H,2H2,1H3,(H,14,16,17);3-5H,1-2H3,(H,14,16,19);2-5H,1H3,(H,13,15,16);2-5H,1H3,(H,13,15,16);2-5H,1H3,(H,13,15,17). The molecule has 0 aliphatic carbocycles. The first-order valence-electron chi connectivity index (χ1n) is 44.2. The highest BCUT2D eigenvalue weighted by Gasteiger charge is 2.25. The molecular formula is C102H76N16O28S2. The second-order valence-electron chi connectivity index (χ2n) is 32.5. The summed E-state index contributed by atoms with van der Waals surface area (Å²) in [5.41, 5.74) is 4.52. The van der Waals surface area contributed by atoms with Gasteiger partial charge in [0.2, 0.25) is 56.7 Å². The van der Waals surface area contributed by atoms with Crippen molar-refractivity contribution in [1.82, 2.24) is 79.7 Å². The van der Waals surface area contributed by atoms with Gasteiger partial charge in [0, 0.05) is 43.1 Å². The Balaban J connectivity index is 0.000000115. The van der Waals surface area contributed by atoms with Crippen molar-refractivity contribution in [1.29, 1.82) is 0 Å². The van der Waals surface area contributed by atoms with Crippen LogP contribution in [0.3, 0.4) is 0 Å². The van der Waals surface area contributed by atoms with Gasteiger partial charge in [-0.1, -0.05) is 48.5 Å². The molecule has 0 amide bonds. The molecule has 0 saturated carbocycles. The van der Waals surface area contributed by atoms with Crippen molar-refractivity contribution in [3.8, 4) is 126 Å². The van der Waals surface area contributed by atoms with Crippen molar-refractivity contribution in [2.75, 3.05) is 41.7 Å². The normalized spacial score (nSPS) is 11.1. The van der Waals surface area contributed by atoms with Crippen LogP contribution in [0.15, 0.2) is 272 Å². The Morgan fingerprint density at radius 1 is 0.230 bits per heavy atom. The molecule has 8 N–H and O–H groups in total. The molecule has 44 nitrogen and oxygen atoms in total. The lowest BCUT2D eigenvalue weighted by atomic mass is 10.1. The number of ether oxygens (including phenoxy) is 6. The fourth-order valence-electron chi connectivity index (χ4n) is 15.5. The largest absolute Gasteiger partial charge is 0.493 e. The highest BCUT2D eigenvalue weighted by molar-refractivity contribution is 7.71. The number of para-hydroxylation sites is 2. The third-order valence-corrected chi connectivity index (χ3v) is 22.3. The number of nitrogens with zero attached hydrogens (tertiary/aromatic N) is 8. The second-order valence-corrected chi connectivity index (χ2v) is 33.3. The molecule has 0 aromatic heterocycles. The molecule has 8 aromatic rings. The van der Waals surface area contributed by atoms with Gasteiger partial charge in [-0.25, -0.2) is 28.8 Å². The average molecular weight is 2040 g/mol. The fourth-order valence-corrected chi connectivity index (χ4v) is 15.9. The number of nitrogens with one attached hydrogen (secondary N) is 8. The lowest BCUT2D eigenvalue weighted by molar-refractivity contribution is 0.338. The van der Waals surface area contributed by atoms with Crippen LogP contribution in [-0.2, 0) is 0 Å². The summed E-state index contributed by atoms with van der Waals surface area (Å²) in [5, 5.41) is 6.03. The van der Waals surface area contributed by atoms with Crippen LogP contribution in [0.25, 0.3) is 179 Å². The van der Waals surface area contributed by atoms with Crippen molar-refractivity contribution < 1.29 is 63.8 Å². The average Bonchev–Trinajstić information content (AvgIpc) is 0.770. The van der Waals surface area contributed by atoms with E-state index in [0.29, 0.717) is 114 Å².